The van der Waals surface area contributed by atoms with Crippen LogP contribution in [0.2, 0.25) is 0 Å². The number of benzene rings is 7. The van der Waals surface area contributed by atoms with E-state index in [0.717, 1.165) is 27.8 Å². The van der Waals surface area contributed by atoms with Gasteiger partial charge in [0.15, 0.2) is 0 Å². The Balaban J connectivity index is 1.12. The molecule has 1 aliphatic heterocycles. The van der Waals surface area contributed by atoms with Crippen LogP contribution in [-0.4, -0.2) is 4.57 Å². The zero-order valence-corrected chi connectivity index (χ0v) is 25.6. The van der Waals surface area contributed by atoms with E-state index in [1.165, 1.54) is 54.0 Å². The van der Waals surface area contributed by atoms with Gasteiger partial charge >= 0.3 is 0 Å². The van der Waals surface area contributed by atoms with Gasteiger partial charge in [0.2, 0.25) is 0 Å². The van der Waals surface area contributed by atoms with Crippen molar-refractivity contribution in [2.45, 2.75) is 9.79 Å². The van der Waals surface area contributed by atoms with E-state index in [0.29, 0.717) is 5.56 Å². The maximum Gasteiger partial charge on any atom is 0.0992 e. The van der Waals surface area contributed by atoms with E-state index >= 15 is 0 Å². The van der Waals surface area contributed by atoms with Gasteiger partial charge in [-0.3, -0.25) is 0 Å². The number of rotatable bonds is 4. The van der Waals surface area contributed by atoms with Gasteiger partial charge in [-0.1, -0.05) is 115 Å². The van der Waals surface area contributed by atoms with Gasteiger partial charge in [-0.05, 0) is 99.1 Å². The van der Waals surface area contributed by atoms with Gasteiger partial charge < -0.3 is 4.57 Å². The summed E-state index contributed by atoms with van der Waals surface area (Å²) in [6, 6.07) is 58.3. The zero-order valence-electron chi connectivity index (χ0n) is 24.8. The predicted molar refractivity (Wildman–Crippen MR) is 191 cm³/mol. The standard InChI is InChI=1S/C43H26N2S/c44-27-28-22-35(31-18-16-30(17-19-31)29-8-2-1-3-9-29)25-36(23-28)33-11-6-10-32(24-33)34-20-21-39-38(26-34)37-12-7-15-42-43(37)45(39)40-13-4-5-14-41(40)46-42/h1-26H. The van der Waals surface area contributed by atoms with Crippen molar-refractivity contribution in [1.29, 1.82) is 5.26 Å². The van der Waals surface area contributed by atoms with Gasteiger partial charge in [0, 0.05) is 20.6 Å². The first-order chi connectivity index (χ1) is 22.7. The van der Waals surface area contributed by atoms with Crippen molar-refractivity contribution in [1.82, 2.24) is 4.57 Å². The molecule has 2 heterocycles. The smallest absolute Gasteiger partial charge is 0.0992 e. The molecule has 1 aromatic heterocycles. The Hall–Kier alpha value is -5.82. The zero-order chi connectivity index (χ0) is 30.6. The van der Waals surface area contributed by atoms with Crippen molar-refractivity contribution in [2.24, 2.45) is 0 Å². The number of fused-ring (bicyclic) bond motifs is 5. The highest BCUT2D eigenvalue weighted by Gasteiger charge is 2.22. The van der Waals surface area contributed by atoms with Gasteiger partial charge in [0.25, 0.3) is 0 Å². The monoisotopic (exact) mass is 602 g/mol. The molecule has 0 aliphatic carbocycles. The number of hydrogen-bond acceptors (Lipinski definition) is 2. The molecule has 46 heavy (non-hydrogen) atoms. The molecule has 1 aliphatic rings. The normalized spacial score (nSPS) is 11.8. The fraction of sp³-hybridized carbons (Fsp3) is 0. The molecule has 9 rings (SSSR count). The van der Waals surface area contributed by atoms with Crippen LogP contribution in [0.25, 0.3) is 72.0 Å². The highest BCUT2D eigenvalue weighted by molar-refractivity contribution is 7.99. The van der Waals surface area contributed by atoms with Gasteiger partial charge in [0.1, 0.15) is 0 Å². The van der Waals surface area contributed by atoms with Gasteiger partial charge in [0.05, 0.1) is 28.4 Å². The third-order valence-corrected chi connectivity index (χ3v) is 10.1. The molecule has 7 aromatic carbocycles. The largest absolute Gasteiger partial charge is 0.307 e. The van der Waals surface area contributed by atoms with Crippen LogP contribution in [0.3, 0.4) is 0 Å². The third kappa shape index (κ3) is 4.35. The van der Waals surface area contributed by atoms with Crippen LogP contribution >= 0.6 is 11.8 Å². The van der Waals surface area contributed by atoms with Crippen LogP contribution in [-0.2, 0) is 0 Å². The quantitative estimate of drug-likeness (QED) is 0.200. The van der Waals surface area contributed by atoms with E-state index in [-0.39, 0.29) is 0 Å². The number of para-hydroxylation sites is 2. The Labute approximate surface area is 271 Å². The number of aromatic nitrogens is 1. The lowest BCUT2D eigenvalue weighted by molar-refractivity contribution is 1.09. The van der Waals surface area contributed by atoms with E-state index in [4.69, 9.17) is 0 Å². The third-order valence-electron chi connectivity index (χ3n) is 8.99. The minimum atomic E-state index is 0.652. The Bertz CT molecular complexity index is 2500. The van der Waals surface area contributed by atoms with E-state index in [1.807, 2.05) is 30.0 Å². The molecule has 3 heteroatoms. The van der Waals surface area contributed by atoms with Gasteiger partial charge in [-0.25, -0.2) is 0 Å². The Morgan fingerprint density at radius 3 is 1.80 bits per heavy atom. The summed E-state index contributed by atoms with van der Waals surface area (Å²) in [5, 5.41) is 12.5. The maximum atomic E-state index is 9.95. The molecule has 8 aromatic rings. The van der Waals surface area contributed by atoms with Crippen LogP contribution in [0.4, 0.5) is 0 Å². The van der Waals surface area contributed by atoms with Crippen molar-refractivity contribution < 1.29 is 0 Å². The molecular weight excluding hydrogens is 577 g/mol. The average Bonchev–Trinajstić information content (AvgIpc) is 3.47. The summed E-state index contributed by atoms with van der Waals surface area (Å²) in [5.41, 5.74) is 13.3. The molecule has 0 fully saturated rings. The molecule has 2 nitrogen and oxygen atoms in total. The topological polar surface area (TPSA) is 28.7 Å². The lowest BCUT2D eigenvalue weighted by Gasteiger charge is -2.19. The molecule has 0 unspecified atom stereocenters. The van der Waals surface area contributed by atoms with Crippen LogP contribution in [0.1, 0.15) is 5.56 Å². The molecule has 0 saturated heterocycles. The second-order valence-corrected chi connectivity index (χ2v) is 12.8. The maximum absolute atomic E-state index is 9.95. The van der Waals surface area contributed by atoms with Crippen molar-refractivity contribution in [2.75, 3.05) is 0 Å². The van der Waals surface area contributed by atoms with E-state index < -0.39 is 0 Å². The lowest BCUT2D eigenvalue weighted by atomic mass is 9.93. The lowest BCUT2D eigenvalue weighted by Crippen LogP contribution is -2.00. The van der Waals surface area contributed by atoms with Crippen LogP contribution in [0.15, 0.2) is 168 Å². The minimum Gasteiger partial charge on any atom is -0.307 e. The number of hydrogen-bond donors (Lipinski definition) is 0. The highest BCUT2D eigenvalue weighted by atomic mass is 32.2. The molecule has 0 saturated carbocycles. The summed E-state index contributed by atoms with van der Waals surface area (Å²) in [4.78, 5) is 2.57. The number of nitrogens with zero attached hydrogens (tertiary/aromatic N) is 2. The first kappa shape index (κ1) is 26.6. The average molecular weight is 603 g/mol. The predicted octanol–water partition coefficient (Wildman–Crippen LogP) is 11.8. The van der Waals surface area contributed by atoms with Crippen LogP contribution in [0.5, 0.6) is 0 Å². The Morgan fingerprint density at radius 1 is 0.435 bits per heavy atom. The summed E-state index contributed by atoms with van der Waals surface area (Å²) >= 11 is 1.85. The minimum absolute atomic E-state index is 0.652. The molecular formula is C43H26N2S. The first-order valence-electron chi connectivity index (χ1n) is 15.4. The van der Waals surface area contributed by atoms with Crippen molar-refractivity contribution >= 4 is 33.6 Å². The summed E-state index contributed by atoms with van der Waals surface area (Å²) in [5.74, 6) is 0. The molecule has 214 valence electrons. The fourth-order valence-electron chi connectivity index (χ4n) is 6.79. The summed E-state index contributed by atoms with van der Waals surface area (Å²) < 4.78 is 2.42. The number of nitriles is 1. The van der Waals surface area contributed by atoms with Gasteiger partial charge in [-0.2, -0.15) is 5.26 Å². The second kappa shape index (κ2) is 10.7. The van der Waals surface area contributed by atoms with E-state index in [1.54, 1.807) is 0 Å². The SMILES string of the molecule is N#Cc1cc(-c2ccc(-c3ccccc3)cc2)cc(-c2cccc(-c3ccc4c(c3)c3cccc5c3n4-c3ccccc3S5)c2)c1. The van der Waals surface area contributed by atoms with Crippen LogP contribution < -0.4 is 0 Å². The van der Waals surface area contributed by atoms with Gasteiger partial charge in [-0.15, -0.1) is 0 Å². The summed E-state index contributed by atoms with van der Waals surface area (Å²) in [6.45, 7) is 0. The molecule has 0 spiro atoms. The Morgan fingerprint density at radius 2 is 1.00 bits per heavy atom. The fourth-order valence-corrected chi connectivity index (χ4v) is 7.88. The summed E-state index contributed by atoms with van der Waals surface area (Å²) in [6.07, 6.45) is 0. The van der Waals surface area contributed by atoms with Crippen molar-refractivity contribution in [3.8, 4) is 56.3 Å². The van der Waals surface area contributed by atoms with Crippen molar-refractivity contribution in [3.05, 3.63) is 163 Å². The Kier molecular flexibility index (Phi) is 6.16. The van der Waals surface area contributed by atoms with E-state index in [2.05, 4.69) is 150 Å². The van der Waals surface area contributed by atoms with E-state index in [9.17, 15) is 5.26 Å². The molecule has 0 radical (unpaired) electrons. The molecule has 0 amide bonds. The van der Waals surface area contributed by atoms with Crippen molar-refractivity contribution in [3.63, 3.8) is 0 Å². The first-order valence-corrected chi connectivity index (χ1v) is 16.2. The van der Waals surface area contributed by atoms with Crippen LogP contribution in [0, 0.1) is 11.3 Å². The molecule has 0 atom stereocenters. The molecule has 0 bridgehead atoms. The summed E-state index contributed by atoms with van der Waals surface area (Å²) in [7, 11) is 0. The molecule has 0 N–H and O–H groups in total. The second-order valence-electron chi connectivity index (χ2n) is 11.7. The highest BCUT2D eigenvalue weighted by Crippen LogP contribution is 2.47.